The maximum absolute atomic E-state index is 12.0. The number of carbonyl (C=O) groups excluding carboxylic acids is 1. The number of ether oxygens (including phenoxy) is 1. The normalized spacial score (nSPS) is 27.2. The van der Waals surface area contributed by atoms with E-state index in [1.165, 1.54) is 0 Å². The fourth-order valence-corrected chi connectivity index (χ4v) is 2.99. The zero-order valence-corrected chi connectivity index (χ0v) is 10.6. The van der Waals surface area contributed by atoms with Crippen molar-refractivity contribution >= 4 is 5.97 Å². The molecular weight excluding hydrogens is 238 g/mol. The minimum Gasteiger partial charge on any atom is -0.461 e. The van der Waals surface area contributed by atoms with Crippen LogP contribution in [0.2, 0.25) is 0 Å². The lowest BCUT2D eigenvalue weighted by Crippen LogP contribution is -2.21. The molecule has 0 N–H and O–H groups in total. The second-order valence-corrected chi connectivity index (χ2v) is 5.30. The highest BCUT2D eigenvalue weighted by atomic mass is 16.5. The molecule has 0 spiro atoms. The number of allylic oxidation sites excluding steroid dienone is 2. The average Bonchev–Trinajstić information content (AvgIpc) is 3.08. The first-order valence-corrected chi connectivity index (χ1v) is 6.60. The van der Waals surface area contributed by atoms with E-state index in [1.54, 1.807) is 12.1 Å². The summed E-state index contributed by atoms with van der Waals surface area (Å²) in [4.78, 5) is 12.0. The number of rotatable bonds is 3. The maximum atomic E-state index is 12.0. The Morgan fingerprint density at radius 2 is 2.05 bits per heavy atom. The minimum atomic E-state index is -0.0822. The summed E-state index contributed by atoms with van der Waals surface area (Å²) in [7, 11) is 0. The summed E-state index contributed by atoms with van der Waals surface area (Å²) >= 11 is 0. The molecule has 2 bridgehead atoms. The van der Waals surface area contributed by atoms with Crippen molar-refractivity contribution in [2.24, 2.45) is 17.8 Å². The van der Waals surface area contributed by atoms with E-state index in [1.807, 2.05) is 12.1 Å². The Hall–Kier alpha value is -2.08. The van der Waals surface area contributed by atoms with Crippen molar-refractivity contribution in [2.75, 3.05) is 0 Å². The van der Waals surface area contributed by atoms with E-state index in [4.69, 9.17) is 10.00 Å². The molecule has 1 fully saturated rings. The van der Waals surface area contributed by atoms with E-state index in [0.29, 0.717) is 24.0 Å². The monoisotopic (exact) mass is 253 g/mol. The van der Waals surface area contributed by atoms with Gasteiger partial charge in [-0.25, -0.2) is 0 Å². The van der Waals surface area contributed by atoms with E-state index in [0.717, 1.165) is 18.4 Å². The zero-order chi connectivity index (χ0) is 13.2. The first-order valence-electron chi connectivity index (χ1n) is 6.60. The van der Waals surface area contributed by atoms with E-state index in [-0.39, 0.29) is 11.9 Å². The Kier molecular flexibility index (Phi) is 3.08. The van der Waals surface area contributed by atoms with Crippen LogP contribution in [-0.4, -0.2) is 5.97 Å². The Balaban J connectivity index is 1.56. The fraction of sp³-hybridized carbons (Fsp3) is 0.375. The van der Waals surface area contributed by atoms with Crippen LogP contribution in [0.25, 0.3) is 0 Å². The van der Waals surface area contributed by atoms with E-state index in [2.05, 4.69) is 18.2 Å². The van der Waals surface area contributed by atoms with Crippen molar-refractivity contribution in [2.45, 2.75) is 19.4 Å². The van der Waals surface area contributed by atoms with Crippen LogP contribution in [0.15, 0.2) is 36.4 Å². The molecular formula is C16H15NO2. The van der Waals surface area contributed by atoms with Gasteiger partial charge in [0.15, 0.2) is 0 Å². The summed E-state index contributed by atoms with van der Waals surface area (Å²) in [5.41, 5.74) is 1.54. The number of benzene rings is 1. The lowest BCUT2D eigenvalue weighted by molar-refractivity contribution is -0.150. The topological polar surface area (TPSA) is 50.1 Å². The molecule has 0 aromatic heterocycles. The number of nitriles is 1. The number of carbonyl (C=O) groups is 1. The molecule has 19 heavy (non-hydrogen) atoms. The van der Waals surface area contributed by atoms with Crippen molar-refractivity contribution in [1.29, 1.82) is 5.26 Å². The molecule has 3 heteroatoms. The van der Waals surface area contributed by atoms with Gasteiger partial charge in [-0.15, -0.1) is 0 Å². The predicted octanol–water partition coefficient (Wildman–Crippen LogP) is 2.81. The van der Waals surface area contributed by atoms with Crippen LogP contribution >= 0.6 is 0 Å². The van der Waals surface area contributed by atoms with Crippen molar-refractivity contribution in [1.82, 2.24) is 0 Å². The van der Waals surface area contributed by atoms with Crippen LogP contribution in [0.4, 0.5) is 0 Å². The number of hydrogen-bond donors (Lipinski definition) is 0. The number of nitrogens with zero attached hydrogens (tertiary/aromatic N) is 1. The fourth-order valence-electron chi connectivity index (χ4n) is 2.99. The van der Waals surface area contributed by atoms with Gasteiger partial charge in [-0.3, -0.25) is 4.79 Å². The van der Waals surface area contributed by atoms with Gasteiger partial charge in [0.25, 0.3) is 0 Å². The Labute approximate surface area is 112 Å². The molecule has 0 aliphatic heterocycles. The summed E-state index contributed by atoms with van der Waals surface area (Å²) < 4.78 is 5.38. The SMILES string of the molecule is N#Cc1ccc(COC(=O)C2CC3C=CC2C3)cc1. The van der Waals surface area contributed by atoms with E-state index >= 15 is 0 Å². The number of hydrogen-bond acceptors (Lipinski definition) is 3. The Bertz CT molecular complexity index is 553. The highest BCUT2D eigenvalue weighted by Crippen LogP contribution is 2.43. The predicted molar refractivity (Wildman–Crippen MR) is 69.8 cm³/mol. The Morgan fingerprint density at radius 3 is 2.63 bits per heavy atom. The smallest absolute Gasteiger partial charge is 0.309 e. The summed E-state index contributed by atoms with van der Waals surface area (Å²) in [5.74, 6) is 0.936. The molecule has 2 aliphatic rings. The lowest BCUT2D eigenvalue weighted by Gasteiger charge is -2.16. The summed E-state index contributed by atoms with van der Waals surface area (Å²) in [6, 6.07) is 9.20. The molecule has 0 radical (unpaired) electrons. The molecule has 96 valence electrons. The van der Waals surface area contributed by atoms with Crippen LogP contribution in [0.5, 0.6) is 0 Å². The number of fused-ring (bicyclic) bond motifs is 2. The molecule has 3 atom stereocenters. The Morgan fingerprint density at radius 1 is 1.26 bits per heavy atom. The first kappa shape index (κ1) is 12.0. The van der Waals surface area contributed by atoms with E-state index < -0.39 is 0 Å². The van der Waals surface area contributed by atoms with Gasteiger partial charge in [-0.1, -0.05) is 24.3 Å². The molecule has 1 aromatic rings. The molecule has 3 rings (SSSR count). The van der Waals surface area contributed by atoms with Crippen LogP contribution in [0.1, 0.15) is 24.0 Å². The van der Waals surface area contributed by atoms with Gasteiger partial charge in [-0.05, 0) is 42.4 Å². The van der Waals surface area contributed by atoms with Gasteiger partial charge >= 0.3 is 5.97 Å². The van der Waals surface area contributed by atoms with Crippen LogP contribution in [0.3, 0.4) is 0 Å². The van der Waals surface area contributed by atoms with Gasteiger partial charge in [0.05, 0.1) is 17.6 Å². The average molecular weight is 253 g/mol. The second-order valence-electron chi connectivity index (χ2n) is 5.30. The van der Waals surface area contributed by atoms with Gasteiger partial charge in [0.1, 0.15) is 6.61 Å². The van der Waals surface area contributed by atoms with Crippen LogP contribution < -0.4 is 0 Å². The summed E-state index contributed by atoms with van der Waals surface area (Å²) in [6.45, 7) is 0.294. The molecule has 0 saturated heterocycles. The molecule has 3 unspecified atom stereocenters. The summed E-state index contributed by atoms with van der Waals surface area (Å²) in [6.07, 6.45) is 6.42. The van der Waals surface area contributed by atoms with Crippen LogP contribution in [0, 0.1) is 29.1 Å². The van der Waals surface area contributed by atoms with E-state index in [9.17, 15) is 4.79 Å². The molecule has 2 aliphatic carbocycles. The quantitative estimate of drug-likeness (QED) is 0.614. The first-order chi connectivity index (χ1) is 9.26. The summed E-state index contributed by atoms with van der Waals surface area (Å²) in [5, 5.41) is 8.71. The molecule has 0 heterocycles. The van der Waals surface area contributed by atoms with Gasteiger partial charge in [-0.2, -0.15) is 5.26 Å². The standard InChI is InChI=1S/C16H15NO2/c17-9-11-1-3-12(4-2-11)10-19-16(18)15-8-13-5-6-14(15)7-13/h1-6,13-15H,7-8,10H2. The van der Waals surface area contributed by atoms with Gasteiger partial charge in [0, 0.05) is 0 Å². The highest BCUT2D eigenvalue weighted by Gasteiger charge is 2.40. The molecule has 0 amide bonds. The zero-order valence-electron chi connectivity index (χ0n) is 10.6. The van der Waals surface area contributed by atoms with Crippen molar-refractivity contribution < 1.29 is 9.53 Å². The third kappa shape index (κ3) is 2.39. The second kappa shape index (κ2) is 4.89. The number of esters is 1. The van der Waals surface area contributed by atoms with Crippen LogP contribution in [-0.2, 0) is 16.1 Å². The third-order valence-corrected chi connectivity index (χ3v) is 4.05. The van der Waals surface area contributed by atoms with Gasteiger partial charge in [0.2, 0.25) is 0 Å². The third-order valence-electron chi connectivity index (χ3n) is 4.05. The maximum Gasteiger partial charge on any atom is 0.309 e. The minimum absolute atomic E-state index is 0.0494. The van der Waals surface area contributed by atoms with Crippen molar-refractivity contribution in [3.8, 4) is 6.07 Å². The van der Waals surface area contributed by atoms with Crippen molar-refractivity contribution in [3.05, 3.63) is 47.5 Å². The molecule has 1 saturated carbocycles. The molecule has 3 nitrogen and oxygen atoms in total. The molecule has 1 aromatic carbocycles. The largest absolute Gasteiger partial charge is 0.461 e. The van der Waals surface area contributed by atoms with Gasteiger partial charge < -0.3 is 4.74 Å². The lowest BCUT2D eigenvalue weighted by atomic mass is 9.94. The highest BCUT2D eigenvalue weighted by molar-refractivity contribution is 5.74. The van der Waals surface area contributed by atoms with Crippen molar-refractivity contribution in [3.63, 3.8) is 0 Å².